The molecule has 1 saturated heterocycles. The monoisotopic (exact) mass is 853 g/mol. The summed E-state index contributed by atoms with van der Waals surface area (Å²) in [6.45, 7) is 10.7. The number of esters is 1. The van der Waals surface area contributed by atoms with Crippen molar-refractivity contribution in [3.63, 3.8) is 0 Å². The molecule has 14 nitrogen and oxygen atoms in total. The Morgan fingerprint density at radius 2 is 1.66 bits per heavy atom. The third-order valence-corrected chi connectivity index (χ3v) is 11.6. The first-order chi connectivity index (χ1) is 29.2. The molecule has 2 aromatic heterocycles. The Hall–Kier alpha value is -5.61. The smallest absolute Gasteiger partial charge is 0.337 e. The number of rotatable bonds is 18. The number of aliphatic hydroxyl groups excluding tert-OH is 1. The van der Waals surface area contributed by atoms with Crippen molar-refractivity contribution in [1.82, 2.24) is 25.1 Å². The van der Waals surface area contributed by atoms with Crippen LogP contribution in [-0.4, -0.2) is 108 Å². The van der Waals surface area contributed by atoms with E-state index < -0.39 is 35.4 Å². The van der Waals surface area contributed by atoms with Crippen molar-refractivity contribution in [3.05, 3.63) is 107 Å². The number of aromatic nitrogens is 2. The predicted molar refractivity (Wildman–Crippen MR) is 232 cm³/mol. The quantitative estimate of drug-likeness (QED) is 0.0736. The van der Waals surface area contributed by atoms with Crippen molar-refractivity contribution in [2.24, 2.45) is 5.41 Å². The van der Waals surface area contributed by atoms with E-state index in [2.05, 4.69) is 20.2 Å². The summed E-state index contributed by atoms with van der Waals surface area (Å²) in [5, 5.41) is 17.4. The van der Waals surface area contributed by atoms with Gasteiger partial charge in [0.1, 0.15) is 31.0 Å². The molecule has 0 unspecified atom stereocenters. The highest BCUT2D eigenvalue weighted by Gasteiger charge is 2.44. The van der Waals surface area contributed by atoms with Gasteiger partial charge < -0.3 is 44.2 Å². The second-order valence-corrected chi connectivity index (χ2v) is 17.1. The van der Waals surface area contributed by atoms with Crippen LogP contribution in [0.25, 0.3) is 21.3 Å². The van der Waals surface area contributed by atoms with E-state index in [1.807, 2.05) is 113 Å². The average Bonchev–Trinajstić information content (AvgIpc) is 3.98. The molecule has 6 rings (SSSR count). The number of carbonyl (C=O) groups excluding carboxylic acids is 4. The number of nitrogens with one attached hydrogen (secondary N) is 2. The van der Waals surface area contributed by atoms with Gasteiger partial charge in [0.15, 0.2) is 0 Å². The molecule has 3 aromatic carbocycles. The molecule has 0 aliphatic carbocycles. The third kappa shape index (κ3) is 11.6. The van der Waals surface area contributed by atoms with Crippen LogP contribution < -0.4 is 15.4 Å². The summed E-state index contributed by atoms with van der Waals surface area (Å²) >= 11 is 1.57. The summed E-state index contributed by atoms with van der Waals surface area (Å²) in [6, 6.07) is 21.0. The van der Waals surface area contributed by atoms with Gasteiger partial charge in [-0.1, -0.05) is 63.2 Å². The van der Waals surface area contributed by atoms with Crippen LogP contribution in [0.5, 0.6) is 5.75 Å². The predicted octanol–water partition coefficient (Wildman–Crippen LogP) is 5.69. The summed E-state index contributed by atoms with van der Waals surface area (Å²) in [4.78, 5) is 59.4. The van der Waals surface area contributed by atoms with Gasteiger partial charge in [-0.2, -0.15) is 0 Å². The van der Waals surface area contributed by atoms with Gasteiger partial charge in [-0.25, -0.2) is 9.78 Å². The fraction of sp³-hybridized carbons (Fsp3) is 0.413. The van der Waals surface area contributed by atoms with Crippen LogP contribution in [0.2, 0.25) is 0 Å². The summed E-state index contributed by atoms with van der Waals surface area (Å²) in [5.41, 5.74) is 6.53. The normalized spacial score (nSPS) is 16.3. The minimum absolute atomic E-state index is 0.0208. The Balaban J connectivity index is 0.902. The molecular formula is C46H55N5O9S. The number of nitrogens with zero attached hydrogens (tertiary/aromatic N) is 3. The molecule has 0 spiro atoms. The van der Waals surface area contributed by atoms with Crippen LogP contribution in [0.1, 0.15) is 67.3 Å². The van der Waals surface area contributed by atoms with Crippen molar-refractivity contribution in [2.75, 3.05) is 46.7 Å². The number of fused-ring (bicyclic) bond motifs is 1. The van der Waals surface area contributed by atoms with Gasteiger partial charge in [-0.15, -0.1) is 11.3 Å². The SMILES string of the molecule is COC(=O)c1ccc2ccn(Cc3ccc(OCCOCCOCC(=O)N[C@H](C(=O)N4C[C@H](O)C[C@H]4C(=O)N[C@@H](C)c4ccc(-c5scnc5C)cc4)C(C)(C)C)cc3)c2c1. The number of hydrogen-bond acceptors (Lipinski definition) is 11. The first-order valence-electron chi connectivity index (χ1n) is 20.3. The molecule has 1 aliphatic rings. The Morgan fingerprint density at radius 3 is 2.34 bits per heavy atom. The maximum Gasteiger partial charge on any atom is 0.337 e. The van der Waals surface area contributed by atoms with Crippen LogP contribution in [-0.2, 0) is 35.1 Å². The van der Waals surface area contributed by atoms with Gasteiger partial charge in [0.25, 0.3) is 0 Å². The van der Waals surface area contributed by atoms with E-state index in [0.29, 0.717) is 31.1 Å². The minimum atomic E-state index is -0.971. The Bertz CT molecular complexity index is 2280. The molecule has 0 bridgehead atoms. The average molecular weight is 854 g/mol. The topological polar surface area (TPSA) is 171 Å². The number of aryl methyl sites for hydroxylation is 1. The van der Waals surface area contributed by atoms with Crippen LogP contribution in [0.3, 0.4) is 0 Å². The lowest BCUT2D eigenvalue weighted by Gasteiger charge is -2.35. The van der Waals surface area contributed by atoms with Crippen molar-refractivity contribution in [1.29, 1.82) is 0 Å². The number of thiazole rings is 1. The van der Waals surface area contributed by atoms with Crippen LogP contribution in [0.15, 0.2) is 84.5 Å². The lowest BCUT2D eigenvalue weighted by Crippen LogP contribution is -2.58. The van der Waals surface area contributed by atoms with E-state index in [9.17, 15) is 24.3 Å². The van der Waals surface area contributed by atoms with Gasteiger partial charge in [-0.3, -0.25) is 14.4 Å². The van der Waals surface area contributed by atoms with Crippen LogP contribution in [0, 0.1) is 12.3 Å². The number of methoxy groups -OCH3 is 1. The summed E-state index contributed by atoms with van der Waals surface area (Å²) in [5.74, 6) is -0.981. The molecule has 1 aliphatic heterocycles. The fourth-order valence-corrected chi connectivity index (χ4v) is 8.09. The molecule has 3 N–H and O–H groups in total. The maximum atomic E-state index is 14.0. The molecular weight excluding hydrogens is 799 g/mol. The maximum absolute atomic E-state index is 14.0. The van der Waals surface area contributed by atoms with Crippen molar-refractivity contribution in [2.45, 2.75) is 71.8 Å². The Kier molecular flexibility index (Phi) is 15.0. The number of amides is 3. The Labute approximate surface area is 360 Å². The van der Waals surface area contributed by atoms with Crippen molar-refractivity contribution in [3.8, 4) is 16.2 Å². The van der Waals surface area contributed by atoms with E-state index in [4.69, 9.17) is 18.9 Å². The van der Waals surface area contributed by atoms with Crippen molar-refractivity contribution < 1.29 is 43.2 Å². The van der Waals surface area contributed by atoms with Gasteiger partial charge in [-0.05, 0) is 71.7 Å². The first kappa shape index (κ1) is 44.9. The van der Waals surface area contributed by atoms with Crippen LogP contribution in [0.4, 0.5) is 0 Å². The second-order valence-electron chi connectivity index (χ2n) is 16.2. The number of likely N-dealkylation sites (tertiary alicyclic amines) is 1. The molecule has 0 radical (unpaired) electrons. The van der Waals surface area contributed by atoms with Gasteiger partial charge in [0, 0.05) is 31.2 Å². The molecule has 3 heterocycles. The molecule has 61 heavy (non-hydrogen) atoms. The standard InChI is InChI=1S/C46H55N5O9S/c1-29(32-9-12-34(13-10-32)41-30(2)47-28-61-41)48-43(54)39-24-36(52)26-51(39)44(55)42(46(3,4)5)49-40(53)27-59-20-19-58-21-22-60-37-15-7-31(8-16-37)25-50-18-17-33-11-14-35(23-38(33)50)45(56)57-6/h7-18,23,28-29,36,39,42,52H,19-22,24-27H2,1-6H3,(H,48,54)(H,49,53)/t29-,36+,39-,42+/m0/s1. The molecule has 1 fully saturated rings. The molecule has 3 amide bonds. The highest BCUT2D eigenvalue weighted by Crippen LogP contribution is 2.30. The highest BCUT2D eigenvalue weighted by atomic mass is 32.1. The summed E-state index contributed by atoms with van der Waals surface area (Å²) < 4.78 is 23.9. The molecule has 4 atom stereocenters. The van der Waals surface area contributed by atoms with Crippen LogP contribution >= 0.6 is 11.3 Å². The summed E-state index contributed by atoms with van der Waals surface area (Å²) in [6.07, 6.45) is 1.20. The molecule has 324 valence electrons. The number of aliphatic hydroxyl groups is 1. The van der Waals surface area contributed by atoms with Gasteiger partial charge in [0.2, 0.25) is 17.7 Å². The molecule has 5 aromatic rings. The van der Waals surface area contributed by atoms with E-state index in [0.717, 1.165) is 38.2 Å². The van der Waals surface area contributed by atoms with Crippen molar-refractivity contribution >= 4 is 45.9 Å². The number of ether oxygens (including phenoxy) is 4. The zero-order chi connectivity index (χ0) is 43.7. The zero-order valence-corrected chi connectivity index (χ0v) is 36.3. The minimum Gasteiger partial charge on any atom is -0.491 e. The summed E-state index contributed by atoms with van der Waals surface area (Å²) in [7, 11) is 1.37. The number of carbonyl (C=O) groups is 4. The highest BCUT2D eigenvalue weighted by molar-refractivity contribution is 7.13. The lowest BCUT2D eigenvalue weighted by molar-refractivity contribution is -0.144. The first-order valence-corrected chi connectivity index (χ1v) is 21.2. The fourth-order valence-electron chi connectivity index (χ4n) is 7.28. The third-order valence-electron chi connectivity index (χ3n) is 10.6. The number of hydrogen-bond donors (Lipinski definition) is 3. The number of benzene rings is 3. The lowest BCUT2D eigenvalue weighted by atomic mass is 9.85. The van der Waals surface area contributed by atoms with Gasteiger partial charge in [0.05, 0.1) is 60.7 Å². The largest absolute Gasteiger partial charge is 0.491 e. The van der Waals surface area contributed by atoms with E-state index in [-0.39, 0.29) is 50.7 Å². The number of β-amino-alcohol motifs (C(OH)–C–C–N with tert-alkyl or cyclic N) is 1. The molecule has 0 saturated carbocycles. The zero-order valence-electron chi connectivity index (χ0n) is 35.5. The van der Waals surface area contributed by atoms with E-state index in [1.54, 1.807) is 17.4 Å². The van der Waals surface area contributed by atoms with E-state index >= 15 is 0 Å². The molecule has 15 heteroatoms. The van der Waals surface area contributed by atoms with E-state index in [1.165, 1.54) is 12.0 Å². The Morgan fingerprint density at radius 1 is 0.934 bits per heavy atom. The second kappa shape index (κ2) is 20.3. The van der Waals surface area contributed by atoms with Gasteiger partial charge >= 0.3 is 5.97 Å².